The van der Waals surface area contributed by atoms with Crippen LogP contribution < -0.4 is 0 Å². The number of Topliss-reactive ketones (excluding diaryl/α,β-unsaturated/α-hetero) is 1. The van der Waals surface area contributed by atoms with E-state index in [1.165, 1.54) is 38.5 Å². The van der Waals surface area contributed by atoms with E-state index >= 15 is 0 Å². The van der Waals surface area contributed by atoms with Crippen molar-refractivity contribution in [1.82, 2.24) is 0 Å². The molecule has 29 heavy (non-hydrogen) atoms. The standard InChI is InChI=1S/C20H38O7S2/c1-2-3-4-5-6-7-8-9-10-11-12-13-14-15-16-17-19(21)20(29(25,26)27)18-28(22,23)24/h9-10,20H,2-8,11-18H2,1H3,(H,22,23,24)(H,25,26,27)/b10-9-. The minimum absolute atomic E-state index is 0.141. The highest BCUT2D eigenvalue weighted by Crippen LogP contribution is 2.13. The Labute approximate surface area is 176 Å². The van der Waals surface area contributed by atoms with Gasteiger partial charge in [0.05, 0.1) is 0 Å². The molecule has 0 rings (SSSR count). The highest BCUT2D eigenvalue weighted by atomic mass is 32.2. The molecule has 0 aliphatic heterocycles. The quantitative estimate of drug-likeness (QED) is 0.164. The van der Waals surface area contributed by atoms with E-state index in [-0.39, 0.29) is 6.42 Å². The number of hydrogen-bond acceptors (Lipinski definition) is 5. The average molecular weight is 455 g/mol. The van der Waals surface area contributed by atoms with E-state index in [1.54, 1.807) is 0 Å². The molecule has 1 atom stereocenters. The van der Waals surface area contributed by atoms with Crippen molar-refractivity contribution >= 4 is 26.0 Å². The predicted octanol–water partition coefficient (Wildman–Crippen LogP) is 4.74. The van der Waals surface area contributed by atoms with Crippen LogP contribution in [0.1, 0.15) is 96.8 Å². The van der Waals surface area contributed by atoms with Crippen molar-refractivity contribution in [1.29, 1.82) is 0 Å². The van der Waals surface area contributed by atoms with Crippen molar-refractivity contribution in [2.75, 3.05) is 5.75 Å². The van der Waals surface area contributed by atoms with Crippen molar-refractivity contribution in [3.63, 3.8) is 0 Å². The third-order valence-electron chi connectivity index (χ3n) is 4.77. The second-order valence-corrected chi connectivity index (χ2v) is 10.6. The van der Waals surface area contributed by atoms with Gasteiger partial charge >= 0.3 is 0 Å². The third kappa shape index (κ3) is 17.8. The summed E-state index contributed by atoms with van der Waals surface area (Å²) in [5.41, 5.74) is 0. The van der Waals surface area contributed by atoms with E-state index in [2.05, 4.69) is 19.1 Å². The molecule has 7 nitrogen and oxygen atoms in total. The molecule has 172 valence electrons. The lowest BCUT2D eigenvalue weighted by atomic mass is 10.1. The maximum atomic E-state index is 11.9. The molecule has 2 N–H and O–H groups in total. The molecule has 0 fully saturated rings. The van der Waals surface area contributed by atoms with E-state index < -0.39 is 37.0 Å². The number of rotatable bonds is 19. The molecule has 0 aromatic rings. The first-order valence-electron chi connectivity index (χ1n) is 10.7. The van der Waals surface area contributed by atoms with Gasteiger partial charge in [-0.25, -0.2) is 0 Å². The lowest BCUT2D eigenvalue weighted by Crippen LogP contribution is -2.36. The van der Waals surface area contributed by atoms with Gasteiger partial charge in [0.2, 0.25) is 0 Å². The summed E-state index contributed by atoms with van der Waals surface area (Å²) in [5, 5.41) is -2.12. The largest absolute Gasteiger partial charge is 0.298 e. The van der Waals surface area contributed by atoms with Crippen LogP contribution in [0.25, 0.3) is 0 Å². The second-order valence-electron chi connectivity index (χ2n) is 7.55. The first-order chi connectivity index (χ1) is 13.6. The highest BCUT2D eigenvalue weighted by Gasteiger charge is 2.34. The van der Waals surface area contributed by atoms with Gasteiger partial charge in [-0.2, -0.15) is 16.8 Å². The molecule has 0 aromatic heterocycles. The molecule has 0 spiro atoms. The number of carbonyl (C=O) groups is 1. The van der Waals surface area contributed by atoms with Gasteiger partial charge in [0.1, 0.15) is 5.75 Å². The van der Waals surface area contributed by atoms with E-state index in [9.17, 15) is 21.6 Å². The van der Waals surface area contributed by atoms with Crippen LogP contribution >= 0.6 is 0 Å². The van der Waals surface area contributed by atoms with E-state index in [0.717, 1.165) is 38.5 Å². The minimum atomic E-state index is -4.86. The van der Waals surface area contributed by atoms with Crippen LogP contribution in [0.3, 0.4) is 0 Å². The minimum Gasteiger partial charge on any atom is -0.298 e. The fourth-order valence-electron chi connectivity index (χ4n) is 3.07. The van der Waals surface area contributed by atoms with Crippen LogP contribution in [0.4, 0.5) is 0 Å². The molecule has 0 amide bonds. The first-order valence-corrected chi connectivity index (χ1v) is 13.8. The smallest absolute Gasteiger partial charge is 0.276 e. The van der Waals surface area contributed by atoms with E-state index in [4.69, 9.17) is 9.11 Å². The van der Waals surface area contributed by atoms with Crippen molar-refractivity contribution in [2.45, 2.75) is 102 Å². The summed E-state index contributed by atoms with van der Waals surface area (Å²) >= 11 is 0. The molecule has 0 heterocycles. The Bertz CT molecular complexity index is 667. The Hall–Kier alpha value is -0.770. The normalized spacial score (nSPS) is 13.8. The number of carbonyl (C=O) groups excluding carboxylic acids is 1. The lowest BCUT2D eigenvalue weighted by Gasteiger charge is -2.11. The molecule has 0 radical (unpaired) electrons. The number of allylic oxidation sites excluding steroid dienone is 2. The van der Waals surface area contributed by atoms with Crippen molar-refractivity contribution in [3.8, 4) is 0 Å². The van der Waals surface area contributed by atoms with Gasteiger partial charge in [0.15, 0.2) is 11.0 Å². The molecule has 1 unspecified atom stereocenters. The van der Waals surface area contributed by atoms with Crippen molar-refractivity contribution < 1.29 is 30.7 Å². The molecule has 0 aliphatic rings. The summed E-state index contributed by atoms with van der Waals surface area (Å²) in [6, 6.07) is 0. The average Bonchev–Trinajstić information content (AvgIpc) is 2.61. The molecular weight excluding hydrogens is 416 g/mol. The number of unbranched alkanes of at least 4 members (excludes halogenated alkanes) is 11. The van der Waals surface area contributed by atoms with Gasteiger partial charge in [-0.1, -0.05) is 70.4 Å². The summed E-state index contributed by atoms with van der Waals surface area (Å²) in [6.07, 6.45) is 18.4. The zero-order valence-corrected chi connectivity index (χ0v) is 19.2. The third-order valence-corrected chi connectivity index (χ3v) is 6.88. The maximum Gasteiger partial charge on any atom is 0.276 e. The van der Waals surface area contributed by atoms with Crippen molar-refractivity contribution in [3.05, 3.63) is 12.2 Å². The Kier molecular flexibility index (Phi) is 15.6. The molecule has 0 bridgehead atoms. The van der Waals surface area contributed by atoms with Crippen LogP contribution in [0.2, 0.25) is 0 Å². The maximum absolute atomic E-state index is 11.9. The molecule has 0 saturated carbocycles. The fraction of sp³-hybridized carbons (Fsp3) is 0.850. The van der Waals surface area contributed by atoms with E-state index in [1.807, 2.05) is 0 Å². The number of hydrogen-bond donors (Lipinski definition) is 2. The Morgan fingerprint density at radius 3 is 1.66 bits per heavy atom. The Morgan fingerprint density at radius 2 is 1.21 bits per heavy atom. The Balaban J connectivity index is 3.78. The predicted molar refractivity (Wildman–Crippen MR) is 116 cm³/mol. The SMILES string of the molecule is CCCCCCCC/C=C\CCCCCCCC(=O)C(CS(=O)(=O)O)S(=O)(=O)O. The number of ketones is 1. The molecule has 0 aromatic carbocycles. The fourth-order valence-corrected chi connectivity index (χ4v) is 5.29. The molecular formula is C20H38O7S2. The lowest BCUT2D eigenvalue weighted by molar-refractivity contribution is -0.118. The van der Waals surface area contributed by atoms with Gasteiger partial charge in [-0.15, -0.1) is 0 Å². The monoisotopic (exact) mass is 454 g/mol. The molecule has 0 aliphatic carbocycles. The van der Waals surface area contributed by atoms with Gasteiger partial charge in [0, 0.05) is 6.42 Å². The summed E-state index contributed by atoms with van der Waals surface area (Å²) in [4.78, 5) is 11.9. The first kappa shape index (κ1) is 28.2. The van der Waals surface area contributed by atoms with Gasteiger partial charge in [-0.05, 0) is 32.1 Å². The van der Waals surface area contributed by atoms with Crippen LogP contribution in [-0.4, -0.2) is 42.7 Å². The van der Waals surface area contributed by atoms with Crippen LogP contribution in [0.5, 0.6) is 0 Å². The van der Waals surface area contributed by atoms with Crippen molar-refractivity contribution in [2.24, 2.45) is 0 Å². The van der Waals surface area contributed by atoms with Gasteiger partial charge in [0.25, 0.3) is 20.2 Å². The zero-order chi connectivity index (χ0) is 22.2. The highest BCUT2D eigenvalue weighted by molar-refractivity contribution is 7.90. The topological polar surface area (TPSA) is 126 Å². The van der Waals surface area contributed by atoms with Crippen LogP contribution in [0.15, 0.2) is 12.2 Å². The summed E-state index contributed by atoms with van der Waals surface area (Å²) in [5.74, 6) is -2.20. The van der Waals surface area contributed by atoms with Gasteiger partial charge in [-0.3, -0.25) is 13.9 Å². The van der Waals surface area contributed by atoms with E-state index in [0.29, 0.717) is 6.42 Å². The van der Waals surface area contributed by atoms with Crippen LogP contribution in [0, 0.1) is 0 Å². The molecule has 0 saturated heterocycles. The summed E-state index contributed by atoms with van der Waals surface area (Å²) < 4.78 is 61.7. The summed E-state index contributed by atoms with van der Waals surface area (Å²) in [6.45, 7) is 2.22. The molecule has 9 heteroatoms. The second kappa shape index (κ2) is 16.0. The Morgan fingerprint density at radius 1 is 0.759 bits per heavy atom. The van der Waals surface area contributed by atoms with Crippen LogP contribution in [-0.2, 0) is 25.0 Å². The summed E-state index contributed by atoms with van der Waals surface area (Å²) in [7, 11) is -9.54. The zero-order valence-electron chi connectivity index (χ0n) is 17.6. The van der Waals surface area contributed by atoms with Gasteiger partial charge < -0.3 is 0 Å².